The van der Waals surface area contributed by atoms with Gasteiger partial charge in [-0.15, -0.1) is 6.04 Å². The van der Waals surface area contributed by atoms with Crippen molar-refractivity contribution in [2.45, 2.75) is 32.9 Å². The zero-order valence-corrected chi connectivity index (χ0v) is 6.36. The summed E-state index contributed by atoms with van der Waals surface area (Å²) >= 11 is 0. The van der Waals surface area contributed by atoms with E-state index in [1.165, 1.54) is 0 Å². The van der Waals surface area contributed by atoms with Crippen molar-refractivity contribution in [1.82, 2.24) is 5.32 Å². The third-order valence-electron chi connectivity index (χ3n) is 0.618. The molecule has 0 aromatic carbocycles. The minimum atomic E-state index is 0. The van der Waals surface area contributed by atoms with E-state index in [9.17, 15) is 0 Å². The van der Waals surface area contributed by atoms with E-state index in [0.29, 0.717) is 12.1 Å². The molecule has 1 atom stereocenters. The van der Waals surface area contributed by atoms with Gasteiger partial charge in [0.15, 0.2) is 0 Å². The van der Waals surface area contributed by atoms with Crippen molar-refractivity contribution in [3.8, 4) is 0 Å². The molecule has 0 aliphatic rings. The van der Waals surface area contributed by atoms with Crippen molar-refractivity contribution < 1.29 is 18.9 Å². The summed E-state index contributed by atoms with van der Waals surface area (Å²) in [5.41, 5.74) is 0. The first-order valence-corrected chi connectivity index (χ1v) is 2.72. The van der Waals surface area contributed by atoms with Crippen LogP contribution in [0.4, 0.5) is 0 Å². The van der Waals surface area contributed by atoms with Crippen LogP contribution in [0, 0.1) is 6.92 Å². The molecular weight excluding hydrogens is 93.0 g/mol. The van der Waals surface area contributed by atoms with E-state index in [0.717, 1.165) is 0 Å². The Morgan fingerprint density at radius 2 is 1.62 bits per heavy atom. The fraction of sp³-hybridized carbons (Fsp3) is 0.833. The second-order valence-corrected chi connectivity index (χ2v) is 2.22. The minimum absolute atomic E-state index is 0. The number of nitrogens with one attached hydrogen (secondary N) is 1. The maximum Gasteiger partial charge on any atom is 1.00 e. The third-order valence-corrected chi connectivity index (χ3v) is 0.618. The Hall–Kier alpha value is 0.557. The van der Waals surface area contributed by atoms with E-state index >= 15 is 0 Å². The molecule has 0 amide bonds. The van der Waals surface area contributed by atoms with Gasteiger partial charge in [-0.2, -0.15) is 0 Å². The van der Waals surface area contributed by atoms with E-state index in [4.69, 9.17) is 0 Å². The van der Waals surface area contributed by atoms with Crippen LogP contribution in [0.25, 0.3) is 0 Å². The number of hydrogen-bond acceptors (Lipinski definition) is 1. The van der Waals surface area contributed by atoms with Gasteiger partial charge in [0, 0.05) is 0 Å². The summed E-state index contributed by atoms with van der Waals surface area (Å²) in [5, 5.41) is 3.19. The molecular formula is C6H14LiN. The molecule has 1 unspecified atom stereocenters. The Bertz CT molecular complexity index is 37.8. The van der Waals surface area contributed by atoms with Gasteiger partial charge in [-0.1, -0.05) is 20.8 Å². The van der Waals surface area contributed by atoms with Crippen LogP contribution in [0.5, 0.6) is 0 Å². The minimum Gasteiger partial charge on any atom is -0.341 e. The predicted octanol–water partition coefficient (Wildman–Crippen LogP) is -1.79. The second-order valence-electron chi connectivity index (χ2n) is 2.22. The first kappa shape index (κ1) is 11.4. The van der Waals surface area contributed by atoms with Crippen molar-refractivity contribution in [2.75, 3.05) is 0 Å². The van der Waals surface area contributed by atoms with Crippen molar-refractivity contribution in [3.05, 3.63) is 6.92 Å². The Labute approximate surface area is 64.4 Å². The van der Waals surface area contributed by atoms with Crippen LogP contribution in [-0.2, 0) is 0 Å². The molecule has 0 saturated carbocycles. The van der Waals surface area contributed by atoms with Crippen LogP contribution in [0.3, 0.4) is 0 Å². The molecule has 0 aromatic rings. The van der Waals surface area contributed by atoms with Crippen molar-refractivity contribution in [1.29, 1.82) is 0 Å². The molecule has 0 fully saturated rings. The molecule has 0 saturated heterocycles. The van der Waals surface area contributed by atoms with Gasteiger partial charge < -0.3 is 12.2 Å². The molecule has 44 valence electrons. The average molecular weight is 107 g/mol. The predicted molar refractivity (Wildman–Crippen MR) is 33.1 cm³/mol. The summed E-state index contributed by atoms with van der Waals surface area (Å²) in [6, 6.07) is 0.937. The molecule has 1 N–H and O–H groups in total. The first-order chi connectivity index (χ1) is 3.13. The molecule has 0 bridgehead atoms. The average Bonchev–Trinajstić information content (AvgIpc) is 1.27. The molecule has 0 aromatic heterocycles. The fourth-order valence-electron chi connectivity index (χ4n) is 0.569. The molecule has 2 heteroatoms. The summed E-state index contributed by atoms with van der Waals surface area (Å²) in [5.74, 6) is 0. The normalized spacial score (nSPS) is 13.1. The van der Waals surface area contributed by atoms with Crippen LogP contribution < -0.4 is 24.2 Å². The van der Waals surface area contributed by atoms with Crippen molar-refractivity contribution >= 4 is 0 Å². The maximum atomic E-state index is 3.77. The zero-order valence-electron chi connectivity index (χ0n) is 6.36. The van der Waals surface area contributed by atoms with Crippen LogP contribution in [0.2, 0.25) is 0 Å². The van der Waals surface area contributed by atoms with Gasteiger partial charge in [-0.05, 0) is 6.04 Å². The quantitative estimate of drug-likeness (QED) is 0.324. The molecule has 0 spiro atoms. The summed E-state index contributed by atoms with van der Waals surface area (Å²) in [7, 11) is 0. The van der Waals surface area contributed by atoms with Gasteiger partial charge in [0.05, 0.1) is 0 Å². The first-order valence-electron chi connectivity index (χ1n) is 2.72. The second kappa shape index (κ2) is 5.69. The molecule has 0 radical (unpaired) electrons. The maximum absolute atomic E-state index is 3.77. The number of hydrogen-bond donors (Lipinski definition) is 1. The Morgan fingerprint density at radius 1 is 1.25 bits per heavy atom. The van der Waals surface area contributed by atoms with Gasteiger partial charge in [0.1, 0.15) is 0 Å². The topological polar surface area (TPSA) is 12.0 Å². The van der Waals surface area contributed by atoms with Crippen LogP contribution in [0.1, 0.15) is 20.8 Å². The monoisotopic (exact) mass is 107 g/mol. The smallest absolute Gasteiger partial charge is 0.341 e. The fourth-order valence-corrected chi connectivity index (χ4v) is 0.569. The van der Waals surface area contributed by atoms with Gasteiger partial charge in [-0.3, -0.25) is 0 Å². The summed E-state index contributed by atoms with van der Waals surface area (Å²) in [6.07, 6.45) is 0. The molecule has 0 heterocycles. The van der Waals surface area contributed by atoms with Gasteiger partial charge in [0.25, 0.3) is 0 Å². The SMILES string of the molecule is [CH2-]C(C)NC(C)C.[Li+]. The standard InChI is InChI=1S/C6H14N.Li/c1-5(2)7-6(3)4;/h5-7H,1H2,2-4H3;/q-1;+1. The Kier molecular flexibility index (Phi) is 8.08. The Balaban J connectivity index is 0. The van der Waals surface area contributed by atoms with Crippen LogP contribution >= 0.6 is 0 Å². The molecule has 0 rings (SSSR count). The molecule has 0 aliphatic heterocycles. The zero-order chi connectivity index (χ0) is 5.86. The van der Waals surface area contributed by atoms with Crippen LogP contribution in [0.15, 0.2) is 0 Å². The Morgan fingerprint density at radius 3 is 1.62 bits per heavy atom. The summed E-state index contributed by atoms with van der Waals surface area (Å²) < 4.78 is 0. The largest absolute Gasteiger partial charge is 1.00 e. The molecule has 1 nitrogen and oxygen atoms in total. The van der Waals surface area contributed by atoms with Crippen molar-refractivity contribution in [2.24, 2.45) is 0 Å². The van der Waals surface area contributed by atoms with E-state index in [2.05, 4.69) is 26.1 Å². The van der Waals surface area contributed by atoms with E-state index in [-0.39, 0.29) is 18.9 Å². The summed E-state index contributed by atoms with van der Waals surface area (Å²) in [4.78, 5) is 0. The molecule has 8 heavy (non-hydrogen) atoms. The van der Waals surface area contributed by atoms with Gasteiger partial charge in [-0.25, -0.2) is 0 Å². The van der Waals surface area contributed by atoms with Gasteiger partial charge in [0.2, 0.25) is 0 Å². The third kappa shape index (κ3) is 9.75. The van der Waals surface area contributed by atoms with E-state index in [1.54, 1.807) is 0 Å². The number of rotatable bonds is 2. The summed E-state index contributed by atoms with van der Waals surface area (Å²) in [6.45, 7) is 10.0. The van der Waals surface area contributed by atoms with Gasteiger partial charge >= 0.3 is 18.9 Å². The van der Waals surface area contributed by atoms with Crippen LogP contribution in [-0.4, -0.2) is 12.1 Å². The van der Waals surface area contributed by atoms with E-state index in [1.807, 2.05) is 6.92 Å². The molecule has 0 aliphatic carbocycles. The van der Waals surface area contributed by atoms with E-state index < -0.39 is 0 Å². The van der Waals surface area contributed by atoms with Crippen molar-refractivity contribution in [3.63, 3.8) is 0 Å².